The molecule has 0 radical (unpaired) electrons. The van der Waals surface area contributed by atoms with E-state index in [1.54, 1.807) is 20.8 Å². The zero-order chi connectivity index (χ0) is 13.0. The molecule has 0 aromatic rings. The molecule has 0 aromatic heterocycles. The zero-order valence-corrected chi connectivity index (χ0v) is 9.43. The number of alkyl halides is 3. The molecule has 0 rings (SSSR count). The molecule has 4 nitrogen and oxygen atoms in total. The van der Waals surface area contributed by atoms with E-state index in [0.717, 1.165) is 0 Å². The van der Waals surface area contributed by atoms with Crippen molar-refractivity contribution < 1.29 is 27.4 Å². The standard InChI is InChI=1S/C9H16F3NO3/c1-8(2,3)16-7(14)6(13)4-15-5-9(10,11)12/h6H,4-5,13H2,1-3H3. The monoisotopic (exact) mass is 243 g/mol. The van der Waals surface area contributed by atoms with Gasteiger partial charge in [-0.25, -0.2) is 0 Å². The highest BCUT2D eigenvalue weighted by Gasteiger charge is 2.29. The van der Waals surface area contributed by atoms with Gasteiger partial charge >= 0.3 is 12.1 Å². The molecule has 2 N–H and O–H groups in total. The Morgan fingerprint density at radius 3 is 2.19 bits per heavy atom. The lowest BCUT2D eigenvalue weighted by Gasteiger charge is -2.22. The van der Waals surface area contributed by atoms with Gasteiger partial charge in [0.2, 0.25) is 0 Å². The van der Waals surface area contributed by atoms with Crippen molar-refractivity contribution in [2.45, 2.75) is 38.6 Å². The second-order valence-electron chi connectivity index (χ2n) is 4.27. The van der Waals surface area contributed by atoms with Crippen LogP contribution in [0.15, 0.2) is 0 Å². The fourth-order valence-electron chi connectivity index (χ4n) is 0.747. The first-order valence-electron chi connectivity index (χ1n) is 4.64. The summed E-state index contributed by atoms with van der Waals surface area (Å²) in [6.45, 7) is 2.95. The summed E-state index contributed by atoms with van der Waals surface area (Å²) in [5.41, 5.74) is 4.56. The summed E-state index contributed by atoms with van der Waals surface area (Å²) < 4.78 is 44.2. The van der Waals surface area contributed by atoms with Crippen molar-refractivity contribution in [2.75, 3.05) is 13.2 Å². The van der Waals surface area contributed by atoms with Crippen LogP contribution in [0.5, 0.6) is 0 Å². The van der Waals surface area contributed by atoms with Gasteiger partial charge in [0.05, 0.1) is 6.61 Å². The number of halogens is 3. The number of hydrogen-bond donors (Lipinski definition) is 1. The van der Waals surface area contributed by atoms with Crippen molar-refractivity contribution in [1.82, 2.24) is 0 Å². The molecular formula is C9H16F3NO3. The fourth-order valence-corrected chi connectivity index (χ4v) is 0.747. The van der Waals surface area contributed by atoms with Gasteiger partial charge in [0.25, 0.3) is 0 Å². The van der Waals surface area contributed by atoms with Gasteiger partial charge in [-0.2, -0.15) is 13.2 Å². The van der Waals surface area contributed by atoms with Gasteiger partial charge in [0.1, 0.15) is 18.2 Å². The van der Waals surface area contributed by atoms with Gasteiger partial charge in [-0.05, 0) is 20.8 Å². The van der Waals surface area contributed by atoms with Crippen molar-refractivity contribution in [3.63, 3.8) is 0 Å². The highest BCUT2D eigenvalue weighted by Crippen LogP contribution is 2.14. The molecule has 0 saturated heterocycles. The smallest absolute Gasteiger partial charge is 0.411 e. The Bertz CT molecular complexity index is 235. The van der Waals surface area contributed by atoms with Crippen LogP contribution in [0.4, 0.5) is 13.2 Å². The maximum Gasteiger partial charge on any atom is 0.411 e. The molecule has 16 heavy (non-hydrogen) atoms. The van der Waals surface area contributed by atoms with E-state index in [0.29, 0.717) is 0 Å². The molecule has 0 saturated carbocycles. The summed E-state index contributed by atoms with van der Waals surface area (Å²) in [7, 11) is 0. The predicted molar refractivity (Wildman–Crippen MR) is 50.7 cm³/mol. The summed E-state index contributed by atoms with van der Waals surface area (Å²) in [5, 5.41) is 0. The van der Waals surface area contributed by atoms with E-state index in [4.69, 9.17) is 10.5 Å². The first kappa shape index (κ1) is 15.2. The Hall–Kier alpha value is -0.820. The lowest BCUT2D eigenvalue weighted by Crippen LogP contribution is -2.41. The highest BCUT2D eigenvalue weighted by atomic mass is 19.4. The summed E-state index contributed by atoms with van der Waals surface area (Å²) in [5.74, 6) is -0.783. The summed E-state index contributed by atoms with van der Waals surface area (Å²) in [6, 6.07) is -1.21. The molecule has 0 heterocycles. The molecule has 7 heteroatoms. The van der Waals surface area contributed by atoms with Crippen molar-refractivity contribution in [3.05, 3.63) is 0 Å². The van der Waals surface area contributed by atoms with Crippen LogP contribution in [0.2, 0.25) is 0 Å². The van der Waals surface area contributed by atoms with Crippen LogP contribution in [-0.2, 0) is 14.3 Å². The Labute approximate surface area is 91.9 Å². The second kappa shape index (κ2) is 5.49. The van der Waals surface area contributed by atoms with Crippen LogP contribution in [-0.4, -0.2) is 37.0 Å². The minimum absolute atomic E-state index is 0.519. The average Bonchev–Trinajstić information content (AvgIpc) is 1.98. The fraction of sp³-hybridized carbons (Fsp3) is 0.889. The molecule has 0 fully saturated rings. The Kier molecular flexibility index (Phi) is 5.21. The normalized spacial score (nSPS) is 14.7. The first-order chi connectivity index (χ1) is 7.01. The highest BCUT2D eigenvalue weighted by molar-refractivity contribution is 5.76. The van der Waals surface area contributed by atoms with Crippen LogP contribution < -0.4 is 5.73 Å². The minimum atomic E-state index is -4.42. The van der Waals surface area contributed by atoms with E-state index in [-0.39, 0.29) is 0 Å². The molecule has 96 valence electrons. The van der Waals surface area contributed by atoms with Crippen LogP contribution in [0.3, 0.4) is 0 Å². The Morgan fingerprint density at radius 1 is 1.31 bits per heavy atom. The molecule has 1 atom stereocenters. The number of carbonyl (C=O) groups is 1. The molecule has 0 bridgehead atoms. The number of rotatable bonds is 4. The molecule has 0 aromatic carbocycles. The summed E-state index contributed by atoms with van der Waals surface area (Å²) in [4.78, 5) is 11.2. The van der Waals surface area contributed by atoms with Gasteiger partial charge in [-0.1, -0.05) is 0 Å². The van der Waals surface area contributed by atoms with Crippen molar-refractivity contribution in [3.8, 4) is 0 Å². The number of carbonyl (C=O) groups excluding carboxylic acids is 1. The predicted octanol–water partition coefficient (Wildman–Crippen LogP) is 1.23. The third-order valence-electron chi connectivity index (χ3n) is 1.27. The molecule has 0 aliphatic rings. The van der Waals surface area contributed by atoms with Crippen LogP contribution in [0.1, 0.15) is 20.8 Å². The number of esters is 1. The summed E-state index contributed by atoms with van der Waals surface area (Å²) in [6.07, 6.45) is -4.42. The van der Waals surface area contributed by atoms with Crippen molar-refractivity contribution in [2.24, 2.45) is 5.73 Å². The largest absolute Gasteiger partial charge is 0.459 e. The second-order valence-corrected chi connectivity index (χ2v) is 4.27. The number of hydrogen-bond acceptors (Lipinski definition) is 4. The van der Waals surface area contributed by atoms with Crippen LogP contribution in [0.25, 0.3) is 0 Å². The maximum absolute atomic E-state index is 11.7. The van der Waals surface area contributed by atoms with Crippen molar-refractivity contribution in [1.29, 1.82) is 0 Å². The third kappa shape index (κ3) is 8.49. The molecule has 1 unspecified atom stereocenters. The van der Waals surface area contributed by atoms with E-state index in [1.807, 2.05) is 0 Å². The molecule has 0 aliphatic heterocycles. The molecule has 0 amide bonds. The molecular weight excluding hydrogens is 227 g/mol. The first-order valence-corrected chi connectivity index (χ1v) is 4.64. The van der Waals surface area contributed by atoms with Crippen LogP contribution >= 0.6 is 0 Å². The topological polar surface area (TPSA) is 61.5 Å². The van der Waals surface area contributed by atoms with Gasteiger partial charge in [-0.15, -0.1) is 0 Å². The SMILES string of the molecule is CC(C)(C)OC(=O)C(N)COCC(F)(F)F. The lowest BCUT2D eigenvalue weighted by molar-refractivity contribution is -0.179. The number of ether oxygens (including phenoxy) is 2. The van der Waals surface area contributed by atoms with E-state index in [2.05, 4.69) is 4.74 Å². The van der Waals surface area contributed by atoms with Gasteiger partial charge in [-0.3, -0.25) is 4.79 Å². The quantitative estimate of drug-likeness (QED) is 0.754. The van der Waals surface area contributed by atoms with Gasteiger partial charge in [0, 0.05) is 0 Å². The maximum atomic E-state index is 11.7. The minimum Gasteiger partial charge on any atom is -0.459 e. The molecule has 0 spiro atoms. The third-order valence-corrected chi connectivity index (χ3v) is 1.27. The van der Waals surface area contributed by atoms with Crippen molar-refractivity contribution >= 4 is 5.97 Å². The average molecular weight is 243 g/mol. The zero-order valence-electron chi connectivity index (χ0n) is 9.43. The molecule has 0 aliphatic carbocycles. The lowest BCUT2D eigenvalue weighted by atomic mass is 10.2. The van der Waals surface area contributed by atoms with E-state index < -0.39 is 37.0 Å². The van der Waals surface area contributed by atoms with E-state index in [1.165, 1.54) is 0 Å². The number of nitrogens with two attached hydrogens (primary N) is 1. The van der Waals surface area contributed by atoms with E-state index in [9.17, 15) is 18.0 Å². The van der Waals surface area contributed by atoms with Crippen LogP contribution in [0, 0.1) is 0 Å². The Balaban J connectivity index is 3.89. The van der Waals surface area contributed by atoms with Gasteiger partial charge < -0.3 is 15.2 Å². The van der Waals surface area contributed by atoms with E-state index >= 15 is 0 Å². The summed E-state index contributed by atoms with van der Waals surface area (Å²) >= 11 is 0. The Morgan fingerprint density at radius 2 is 1.81 bits per heavy atom. The van der Waals surface area contributed by atoms with Gasteiger partial charge in [0.15, 0.2) is 0 Å².